The second kappa shape index (κ2) is 7.11. The summed E-state index contributed by atoms with van der Waals surface area (Å²) < 4.78 is 11.7. The molecule has 0 aliphatic carbocycles. The zero-order valence-electron chi connectivity index (χ0n) is 14.3. The van der Waals surface area contributed by atoms with E-state index in [-0.39, 0.29) is 5.76 Å². The third-order valence-electron chi connectivity index (χ3n) is 3.93. The van der Waals surface area contributed by atoms with E-state index in [1.807, 2.05) is 55.4 Å². The predicted octanol–water partition coefficient (Wildman–Crippen LogP) is 5.35. The van der Waals surface area contributed by atoms with Crippen LogP contribution in [0.4, 0.5) is 5.69 Å². The molecule has 0 aliphatic heterocycles. The molecule has 130 valence electrons. The average molecular weight is 358 g/mol. The number of nitrogens with zero attached hydrogens (tertiary/aromatic N) is 1. The fraction of sp³-hybridized carbons (Fsp3) is 0.200. The maximum atomic E-state index is 9.45. The summed E-state index contributed by atoms with van der Waals surface area (Å²) in [6.07, 6.45) is 2.06. The number of benzene rings is 2. The molecule has 0 amide bonds. The predicted molar refractivity (Wildman–Crippen MR) is 102 cm³/mol. The van der Waals surface area contributed by atoms with Gasteiger partial charge in [0.05, 0.1) is 17.7 Å². The smallest absolute Gasteiger partial charge is 0.157 e. The van der Waals surface area contributed by atoms with Crippen LogP contribution in [0.3, 0.4) is 0 Å². The summed E-state index contributed by atoms with van der Waals surface area (Å²) >= 11 is 6.25. The summed E-state index contributed by atoms with van der Waals surface area (Å²) in [6.45, 7) is 3.89. The highest BCUT2D eigenvalue weighted by Crippen LogP contribution is 2.34. The van der Waals surface area contributed by atoms with Crippen molar-refractivity contribution >= 4 is 28.3 Å². The van der Waals surface area contributed by atoms with Crippen LogP contribution in [-0.4, -0.2) is 19.2 Å². The lowest BCUT2D eigenvalue weighted by Crippen LogP contribution is -2.08. The van der Waals surface area contributed by atoms with Crippen molar-refractivity contribution in [2.45, 2.75) is 13.0 Å². The number of anilines is 1. The molecule has 0 aliphatic rings. The lowest BCUT2D eigenvalue weighted by molar-refractivity contribution is 0.301. The number of halogens is 1. The van der Waals surface area contributed by atoms with Crippen molar-refractivity contribution in [3.05, 3.63) is 71.1 Å². The topological polar surface area (TPSA) is 45.8 Å². The van der Waals surface area contributed by atoms with Gasteiger partial charge in [-0.25, -0.2) is 0 Å². The first-order valence-corrected chi connectivity index (χ1v) is 8.28. The van der Waals surface area contributed by atoms with Crippen molar-refractivity contribution < 1.29 is 14.3 Å². The number of aliphatic hydroxyl groups is 1. The molecule has 4 nitrogen and oxygen atoms in total. The minimum Gasteiger partial charge on any atom is -0.513 e. The van der Waals surface area contributed by atoms with Gasteiger partial charge in [0.1, 0.15) is 12.4 Å². The van der Waals surface area contributed by atoms with E-state index in [2.05, 4.69) is 6.58 Å². The molecular formula is C20H20ClNO3. The normalized spacial score (nSPS) is 10.8. The van der Waals surface area contributed by atoms with Gasteiger partial charge < -0.3 is 19.2 Å². The number of ether oxygens (including phenoxy) is 1. The molecule has 0 saturated carbocycles. The number of furan rings is 1. The monoisotopic (exact) mass is 357 g/mol. The molecule has 2 aromatic carbocycles. The van der Waals surface area contributed by atoms with Gasteiger partial charge in [0.25, 0.3) is 0 Å². The van der Waals surface area contributed by atoms with Gasteiger partial charge in [0.15, 0.2) is 5.58 Å². The highest BCUT2D eigenvalue weighted by Gasteiger charge is 2.14. The molecule has 0 unspecified atom stereocenters. The van der Waals surface area contributed by atoms with Gasteiger partial charge in [-0.15, -0.1) is 0 Å². The van der Waals surface area contributed by atoms with Gasteiger partial charge in [-0.3, -0.25) is 0 Å². The van der Waals surface area contributed by atoms with E-state index in [4.69, 9.17) is 20.8 Å². The van der Waals surface area contributed by atoms with Crippen LogP contribution in [0.1, 0.15) is 11.1 Å². The molecule has 25 heavy (non-hydrogen) atoms. The van der Waals surface area contributed by atoms with E-state index in [1.165, 1.54) is 0 Å². The second-order valence-electron chi connectivity index (χ2n) is 6.10. The minimum atomic E-state index is 0.104. The van der Waals surface area contributed by atoms with E-state index in [1.54, 1.807) is 6.26 Å². The first kappa shape index (κ1) is 17.2. The number of aliphatic hydroxyl groups excluding tert-OH is 1. The number of hydrogen-bond donors (Lipinski definition) is 1. The van der Waals surface area contributed by atoms with Gasteiger partial charge in [-0.2, -0.15) is 0 Å². The van der Waals surface area contributed by atoms with Crippen molar-refractivity contribution in [1.82, 2.24) is 0 Å². The third kappa shape index (κ3) is 3.74. The molecule has 3 rings (SSSR count). The van der Waals surface area contributed by atoms with Crippen molar-refractivity contribution in [2.24, 2.45) is 0 Å². The van der Waals surface area contributed by atoms with Gasteiger partial charge in [-0.1, -0.05) is 36.4 Å². The molecular weight excluding hydrogens is 338 g/mol. The number of allylic oxidation sites excluding steroid dienone is 1. The van der Waals surface area contributed by atoms with Crippen LogP contribution in [0.15, 0.2) is 59.4 Å². The van der Waals surface area contributed by atoms with Crippen molar-refractivity contribution in [3.8, 4) is 5.75 Å². The Morgan fingerprint density at radius 1 is 1.24 bits per heavy atom. The zero-order chi connectivity index (χ0) is 18.0. The maximum Gasteiger partial charge on any atom is 0.157 e. The fourth-order valence-corrected chi connectivity index (χ4v) is 2.96. The van der Waals surface area contributed by atoms with Gasteiger partial charge in [0, 0.05) is 42.1 Å². The highest BCUT2D eigenvalue weighted by molar-refractivity contribution is 6.31. The van der Waals surface area contributed by atoms with Crippen molar-refractivity contribution in [1.29, 1.82) is 0 Å². The average Bonchev–Trinajstić information content (AvgIpc) is 2.95. The summed E-state index contributed by atoms with van der Waals surface area (Å²) in [5.41, 5.74) is 3.50. The molecule has 1 aromatic heterocycles. The zero-order valence-corrected chi connectivity index (χ0v) is 15.0. The lowest BCUT2D eigenvalue weighted by Gasteiger charge is -2.13. The molecule has 3 aromatic rings. The van der Waals surface area contributed by atoms with Crippen LogP contribution in [0.25, 0.3) is 11.0 Å². The van der Waals surface area contributed by atoms with Crippen LogP contribution in [0.2, 0.25) is 5.02 Å². The van der Waals surface area contributed by atoms with Crippen LogP contribution in [0.5, 0.6) is 5.75 Å². The summed E-state index contributed by atoms with van der Waals surface area (Å²) in [5.74, 6) is 0.814. The number of rotatable bonds is 6. The van der Waals surface area contributed by atoms with E-state index < -0.39 is 0 Å². The lowest BCUT2D eigenvalue weighted by atomic mass is 10.1. The Balaban J connectivity index is 1.89. The van der Waals surface area contributed by atoms with Gasteiger partial charge in [0.2, 0.25) is 0 Å². The molecule has 0 saturated heterocycles. The first-order chi connectivity index (χ1) is 12.0. The molecule has 1 heterocycles. The molecule has 0 fully saturated rings. The van der Waals surface area contributed by atoms with Crippen LogP contribution in [-0.2, 0) is 13.0 Å². The Kier molecular flexibility index (Phi) is 4.91. The quantitative estimate of drug-likeness (QED) is 0.604. The number of para-hydroxylation sites is 1. The summed E-state index contributed by atoms with van der Waals surface area (Å²) in [6, 6.07) is 11.3. The summed E-state index contributed by atoms with van der Waals surface area (Å²) in [4.78, 5) is 1.96. The largest absolute Gasteiger partial charge is 0.513 e. The standard InChI is InChI=1S/C20H20ClNO3/c1-13(23)8-14-6-4-5-7-19(14)24-11-15-12-25-20-17(15)9-16(21)10-18(20)22(2)3/h4-7,9-10,12,23H,1,8,11H2,2-3H3. The molecule has 5 heteroatoms. The SMILES string of the molecule is C=C(O)Cc1ccccc1OCc1coc2c(N(C)C)cc(Cl)cc12. The Labute approximate surface area is 151 Å². The molecule has 0 radical (unpaired) electrons. The van der Waals surface area contributed by atoms with Gasteiger partial charge >= 0.3 is 0 Å². The summed E-state index contributed by atoms with van der Waals surface area (Å²) in [5, 5.41) is 11.0. The van der Waals surface area contributed by atoms with E-state index in [0.29, 0.717) is 23.8 Å². The summed E-state index contributed by atoms with van der Waals surface area (Å²) in [7, 11) is 3.89. The fourth-order valence-electron chi connectivity index (χ4n) is 2.75. The Morgan fingerprint density at radius 2 is 2.00 bits per heavy atom. The van der Waals surface area contributed by atoms with Crippen LogP contribution < -0.4 is 9.64 Å². The van der Waals surface area contributed by atoms with E-state index in [9.17, 15) is 5.11 Å². The molecule has 0 atom stereocenters. The molecule has 1 N–H and O–H groups in total. The maximum absolute atomic E-state index is 9.45. The van der Waals surface area contributed by atoms with Crippen LogP contribution in [0, 0.1) is 0 Å². The van der Waals surface area contributed by atoms with E-state index in [0.717, 1.165) is 27.8 Å². The van der Waals surface area contributed by atoms with E-state index >= 15 is 0 Å². The van der Waals surface area contributed by atoms with Crippen molar-refractivity contribution in [2.75, 3.05) is 19.0 Å². The Morgan fingerprint density at radius 3 is 2.72 bits per heavy atom. The third-order valence-corrected chi connectivity index (χ3v) is 4.15. The van der Waals surface area contributed by atoms with Crippen LogP contribution >= 0.6 is 11.6 Å². The molecule has 0 spiro atoms. The van der Waals surface area contributed by atoms with Gasteiger partial charge in [-0.05, 0) is 18.2 Å². The van der Waals surface area contributed by atoms with Crippen molar-refractivity contribution in [3.63, 3.8) is 0 Å². The number of hydrogen-bond acceptors (Lipinski definition) is 4. The Bertz CT molecular complexity index is 914. The number of fused-ring (bicyclic) bond motifs is 1. The second-order valence-corrected chi connectivity index (χ2v) is 6.53. The minimum absolute atomic E-state index is 0.104. The highest BCUT2D eigenvalue weighted by atomic mass is 35.5. The first-order valence-electron chi connectivity index (χ1n) is 7.90. The Hall–Kier alpha value is -2.59. The molecule has 0 bridgehead atoms.